The molecular formula is C19H23N5O3S. The van der Waals surface area contributed by atoms with Crippen molar-refractivity contribution in [2.24, 2.45) is 0 Å². The van der Waals surface area contributed by atoms with Crippen LogP contribution in [0.5, 0.6) is 0 Å². The molecule has 148 valence electrons. The van der Waals surface area contributed by atoms with Crippen LogP contribution in [0.25, 0.3) is 11.0 Å². The van der Waals surface area contributed by atoms with Gasteiger partial charge in [-0.2, -0.15) is 0 Å². The van der Waals surface area contributed by atoms with Gasteiger partial charge in [-0.1, -0.05) is 5.16 Å². The molecule has 0 aliphatic rings. The molecule has 0 saturated heterocycles. The minimum Gasteiger partial charge on any atom is -0.361 e. The van der Waals surface area contributed by atoms with Gasteiger partial charge in [0, 0.05) is 23.4 Å². The van der Waals surface area contributed by atoms with Crippen molar-refractivity contribution in [1.29, 1.82) is 0 Å². The Morgan fingerprint density at radius 1 is 1.21 bits per heavy atom. The van der Waals surface area contributed by atoms with Gasteiger partial charge in [-0.15, -0.1) is 11.8 Å². The van der Waals surface area contributed by atoms with Crippen molar-refractivity contribution in [3.05, 3.63) is 46.6 Å². The molecule has 0 aliphatic heterocycles. The third-order valence-corrected chi connectivity index (χ3v) is 5.45. The Morgan fingerprint density at radius 2 is 2.00 bits per heavy atom. The summed E-state index contributed by atoms with van der Waals surface area (Å²) in [6.07, 6.45) is 0. The van der Waals surface area contributed by atoms with Gasteiger partial charge >= 0.3 is 0 Å². The third-order valence-electron chi connectivity index (χ3n) is 4.49. The quantitative estimate of drug-likeness (QED) is 0.616. The lowest BCUT2D eigenvalue weighted by molar-refractivity contribution is -0.119. The highest BCUT2D eigenvalue weighted by atomic mass is 32.2. The number of aryl methyl sites for hydroxylation is 4. The highest BCUT2D eigenvalue weighted by Gasteiger charge is 2.13. The summed E-state index contributed by atoms with van der Waals surface area (Å²) in [4.78, 5) is 28.8. The molecule has 9 heteroatoms. The summed E-state index contributed by atoms with van der Waals surface area (Å²) in [5.41, 5.74) is 8.90. The van der Waals surface area contributed by atoms with Crippen molar-refractivity contribution >= 4 is 34.6 Å². The number of nitrogens with zero attached hydrogens (tertiary/aromatic N) is 3. The molecule has 1 aromatic carbocycles. The minimum atomic E-state index is -0.380. The van der Waals surface area contributed by atoms with Crippen LogP contribution < -0.4 is 10.9 Å². The van der Waals surface area contributed by atoms with Crippen LogP contribution in [0.4, 0.5) is 0 Å². The van der Waals surface area contributed by atoms with Crippen molar-refractivity contribution in [3.8, 4) is 0 Å². The molecule has 28 heavy (non-hydrogen) atoms. The predicted molar refractivity (Wildman–Crippen MR) is 108 cm³/mol. The molecule has 0 saturated carbocycles. The van der Waals surface area contributed by atoms with Gasteiger partial charge in [0.25, 0.3) is 5.91 Å². The van der Waals surface area contributed by atoms with E-state index < -0.39 is 0 Å². The average molecular weight is 401 g/mol. The van der Waals surface area contributed by atoms with E-state index in [1.54, 1.807) is 12.1 Å². The highest BCUT2D eigenvalue weighted by molar-refractivity contribution is 7.99. The monoisotopic (exact) mass is 401 g/mol. The van der Waals surface area contributed by atoms with Crippen LogP contribution in [0.2, 0.25) is 0 Å². The number of imidazole rings is 1. The Bertz CT molecular complexity index is 1000. The molecular weight excluding hydrogens is 378 g/mol. The second-order valence-corrected chi connectivity index (χ2v) is 7.39. The number of aromatic nitrogens is 3. The van der Waals surface area contributed by atoms with E-state index in [4.69, 9.17) is 4.52 Å². The van der Waals surface area contributed by atoms with Gasteiger partial charge in [-0.3, -0.25) is 20.4 Å². The van der Waals surface area contributed by atoms with Crippen LogP contribution in [-0.4, -0.2) is 32.3 Å². The first-order chi connectivity index (χ1) is 13.4. The smallest absolute Gasteiger partial charge is 0.269 e. The first kappa shape index (κ1) is 19.9. The molecule has 2 N–H and O–H groups in total. The number of carbonyl (C=O) groups excluding carboxylic acids is 2. The lowest BCUT2D eigenvalue weighted by atomic mass is 10.2. The first-order valence-corrected chi connectivity index (χ1v) is 10.1. The van der Waals surface area contributed by atoms with Crippen LogP contribution in [0, 0.1) is 20.8 Å². The SMILES string of the molecule is CCn1c(C)nc2cc(C(=O)NNC(=O)CSCc3c(C)noc3C)ccc21. The van der Waals surface area contributed by atoms with E-state index in [2.05, 4.69) is 25.6 Å². The molecule has 0 spiro atoms. The molecule has 0 unspecified atom stereocenters. The van der Waals surface area contributed by atoms with Crippen LogP contribution in [-0.2, 0) is 17.1 Å². The number of fused-ring (bicyclic) bond motifs is 1. The topological polar surface area (TPSA) is 102 Å². The summed E-state index contributed by atoms with van der Waals surface area (Å²) >= 11 is 1.43. The van der Waals surface area contributed by atoms with E-state index in [-0.39, 0.29) is 17.6 Å². The van der Waals surface area contributed by atoms with Crippen molar-refractivity contribution in [2.45, 2.75) is 40.0 Å². The highest BCUT2D eigenvalue weighted by Crippen LogP contribution is 2.19. The number of nitrogens with one attached hydrogen (secondary N) is 2. The summed E-state index contributed by atoms with van der Waals surface area (Å²) in [7, 11) is 0. The van der Waals surface area contributed by atoms with E-state index in [0.717, 1.165) is 40.4 Å². The van der Waals surface area contributed by atoms with E-state index in [9.17, 15) is 9.59 Å². The maximum absolute atomic E-state index is 12.3. The summed E-state index contributed by atoms with van der Waals surface area (Å²) in [6, 6.07) is 5.32. The third kappa shape index (κ3) is 4.19. The summed E-state index contributed by atoms with van der Waals surface area (Å²) < 4.78 is 7.18. The van der Waals surface area contributed by atoms with E-state index in [0.29, 0.717) is 11.3 Å². The second-order valence-electron chi connectivity index (χ2n) is 6.40. The van der Waals surface area contributed by atoms with Gasteiger partial charge in [0.1, 0.15) is 11.6 Å². The second kappa shape index (κ2) is 8.47. The molecule has 0 radical (unpaired) electrons. The lowest BCUT2D eigenvalue weighted by Crippen LogP contribution is -2.42. The number of amides is 2. The first-order valence-electron chi connectivity index (χ1n) is 8.96. The molecule has 2 aromatic heterocycles. The minimum absolute atomic E-state index is 0.212. The van der Waals surface area contributed by atoms with Crippen LogP contribution in [0.3, 0.4) is 0 Å². The molecule has 3 aromatic rings. The number of benzene rings is 1. The fourth-order valence-corrected chi connectivity index (χ4v) is 3.96. The summed E-state index contributed by atoms with van der Waals surface area (Å²) in [5.74, 6) is 1.84. The lowest BCUT2D eigenvalue weighted by Gasteiger charge is -2.08. The van der Waals surface area contributed by atoms with Crippen molar-refractivity contribution in [2.75, 3.05) is 5.75 Å². The van der Waals surface area contributed by atoms with Gasteiger partial charge < -0.3 is 9.09 Å². The van der Waals surface area contributed by atoms with Gasteiger partial charge in [0.15, 0.2) is 0 Å². The van der Waals surface area contributed by atoms with Crippen LogP contribution in [0.15, 0.2) is 22.7 Å². The molecule has 0 atom stereocenters. The Kier molecular flexibility index (Phi) is 6.03. The largest absolute Gasteiger partial charge is 0.361 e. The maximum Gasteiger partial charge on any atom is 0.269 e. The van der Waals surface area contributed by atoms with Crippen LogP contribution >= 0.6 is 11.8 Å². The number of hydrazine groups is 1. The fraction of sp³-hybridized carbons (Fsp3) is 0.368. The average Bonchev–Trinajstić information content (AvgIpc) is 3.17. The molecule has 8 nitrogen and oxygen atoms in total. The molecule has 0 bridgehead atoms. The van der Waals surface area contributed by atoms with Gasteiger partial charge in [-0.05, 0) is 45.9 Å². The summed E-state index contributed by atoms with van der Waals surface area (Å²) in [5, 5.41) is 3.89. The fourth-order valence-electron chi connectivity index (χ4n) is 2.98. The van der Waals surface area contributed by atoms with Gasteiger partial charge in [0.05, 0.1) is 22.5 Å². The molecule has 2 heterocycles. The van der Waals surface area contributed by atoms with Crippen molar-refractivity contribution in [1.82, 2.24) is 25.6 Å². The Labute approximate surface area is 167 Å². The zero-order chi connectivity index (χ0) is 20.3. The number of rotatable bonds is 6. The van der Waals surface area contributed by atoms with Crippen LogP contribution in [0.1, 0.15) is 40.1 Å². The molecule has 3 rings (SSSR count). The van der Waals surface area contributed by atoms with Gasteiger partial charge in [-0.25, -0.2) is 4.98 Å². The van der Waals surface area contributed by atoms with E-state index >= 15 is 0 Å². The normalized spacial score (nSPS) is 11.0. The number of hydrogen-bond donors (Lipinski definition) is 2. The zero-order valence-electron chi connectivity index (χ0n) is 16.3. The van der Waals surface area contributed by atoms with Gasteiger partial charge in [0.2, 0.25) is 5.91 Å². The van der Waals surface area contributed by atoms with E-state index in [1.807, 2.05) is 33.8 Å². The van der Waals surface area contributed by atoms with E-state index in [1.165, 1.54) is 11.8 Å². The number of carbonyl (C=O) groups is 2. The number of thioether (sulfide) groups is 1. The Morgan fingerprint density at radius 3 is 2.68 bits per heavy atom. The Balaban J connectivity index is 1.52. The van der Waals surface area contributed by atoms with Crippen molar-refractivity contribution in [3.63, 3.8) is 0 Å². The molecule has 2 amide bonds. The maximum atomic E-state index is 12.3. The molecule has 0 aliphatic carbocycles. The zero-order valence-corrected chi connectivity index (χ0v) is 17.1. The van der Waals surface area contributed by atoms with Crippen molar-refractivity contribution < 1.29 is 14.1 Å². The Hall–Kier alpha value is -2.81. The summed E-state index contributed by atoms with van der Waals surface area (Å²) in [6.45, 7) is 8.51. The number of hydrogen-bond acceptors (Lipinski definition) is 6. The standard InChI is InChI=1S/C19H23N5O3S/c1-5-24-13(4)20-16-8-14(6-7-17(16)24)19(26)22-21-18(25)10-28-9-15-11(2)23-27-12(15)3/h6-8H,5,9-10H2,1-4H3,(H,21,25)(H,22,26). The molecule has 0 fully saturated rings. The predicted octanol–water partition coefficient (Wildman–Crippen LogP) is 2.66.